The third kappa shape index (κ3) is 4.68. The van der Waals surface area contributed by atoms with E-state index >= 15 is 0 Å². The van der Waals surface area contributed by atoms with E-state index in [1.54, 1.807) is 7.11 Å². The molecule has 0 aliphatic carbocycles. The van der Waals surface area contributed by atoms with Gasteiger partial charge in [0.1, 0.15) is 5.75 Å². The topological polar surface area (TPSA) is 70.5 Å². The number of hydrogen-bond acceptors (Lipinski definition) is 8. The van der Waals surface area contributed by atoms with Crippen molar-refractivity contribution in [3.8, 4) is 16.9 Å². The first-order chi connectivity index (χ1) is 16.6. The number of ether oxygens (including phenoxy) is 1. The molecule has 0 N–H and O–H groups in total. The third-order valence-electron chi connectivity index (χ3n) is 6.72. The number of rotatable bonds is 7. The van der Waals surface area contributed by atoms with Crippen LogP contribution in [0.1, 0.15) is 43.1 Å². The predicted octanol–water partition coefficient (Wildman–Crippen LogP) is 3.95. The lowest BCUT2D eigenvalue weighted by Gasteiger charge is -2.27. The fraction of sp³-hybridized carbons (Fsp3) is 0.462. The highest BCUT2D eigenvalue weighted by Gasteiger charge is 2.31. The lowest BCUT2D eigenvalue weighted by Crippen LogP contribution is -2.26. The van der Waals surface area contributed by atoms with Gasteiger partial charge in [-0.25, -0.2) is 19.9 Å². The Morgan fingerprint density at radius 1 is 1.03 bits per heavy atom. The summed E-state index contributed by atoms with van der Waals surface area (Å²) in [6.45, 7) is 3.90. The van der Waals surface area contributed by atoms with E-state index in [0.717, 1.165) is 79.2 Å². The maximum Gasteiger partial charge on any atom is 0.225 e. The van der Waals surface area contributed by atoms with Gasteiger partial charge in [-0.05, 0) is 56.0 Å². The van der Waals surface area contributed by atoms with E-state index in [2.05, 4.69) is 31.9 Å². The molecule has 3 aromatic rings. The first-order valence-electron chi connectivity index (χ1n) is 12.1. The van der Waals surface area contributed by atoms with Gasteiger partial charge >= 0.3 is 0 Å². The second kappa shape index (κ2) is 9.93. The summed E-state index contributed by atoms with van der Waals surface area (Å²) in [6.07, 6.45) is 8.49. The molecule has 2 saturated heterocycles. The van der Waals surface area contributed by atoms with Crippen LogP contribution in [0, 0.1) is 0 Å². The molecule has 2 fully saturated rings. The largest absolute Gasteiger partial charge is 0.497 e. The Morgan fingerprint density at radius 2 is 1.88 bits per heavy atom. The fourth-order valence-electron chi connectivity index (χ4n) is 4.94. The summed E-state index contributed by atoms with van der Waals surface area (Å²) in [5, 5.41) is 0. The second-order valence-electron chi connectivity index (χ2n) is 9.27. The van der Waals surface area contributed by atoms with Gasteiger partial charge in [0.15, 0.2) is 0 Å². The minimum atomic E-state index is 0.202. The van der Waals surface area contributed by atoms with Gasteiger partial charge in [0.05, 0.1) is 24.5 Å². The van der Waals surface area contributed by atoms with Crippen LogP contribution in [0.5, 0.6) is 5.75 Å². The van der Waals surface area contributed by atoms with Crippen molar-refractivity contribution in [3.63, 3.8) is 0 Å². The molecule has 0 saturated carbocycles. The highest BCUT2D eigenvalue weighted by atomic mass is 16.5. The zero-order valence-electron chi connectivity index (χ0n) is 20.3. The molecular weight excluding hydrogens is 426 g/mol. The molecule has 0 amide bonds. The van der Waals surface area contributed by atoms with E-state index in [0.29, 0.717) is 0 Å². The molecule has 178 valence electrons. The number of aromatic nitrogens is 4. The van der Waals surface area contributed by atoms with E-state index in [-0.39, 0.29) is 6.04 Å². The van der Waals surface area contributed by atoms with Gasteiger partial charge in [0.25, 0.3) is 0 Å². The van der Waals surface area contributed by atoms with Gasteiger partial charge < -0.3 is 14.5 Å². The van der Waals surface area contributed by atoms with Crippen LogP contribution in [-0.4, -0.2) is 65.7 Å². The highest BCUT2D eigenvalue weighted by molar-refractivity contribution is 5.68. The molecule has 5 rings (SSSR count). The average molecular weight is 460 g/mol. The van der Waals surface area contributed by atoms with Gasteiger partial charge in [-0.2, -0.15) is 0 Å². The predicted molar refractivity (Wildman–Crippen MR) is 134 cm³/mol. The Morgan fingerprint density at radius 3 is 2.68 bits per heavy atom. The molecule has 0 unspecified atom stereocenters. The normalized spacial score (nSPS) is 18.4. The quantitative estimate of drug-likeness (QED) is 0.526. The van der Waals surface area contributed by atoms with Crippen molar-refractivity contribution in [2.45, 2.75) is 38.3 Å². The van der Waals surface area contributed by atoms with Crippen molar-refractivity contribution in [2.24, 2.45) is 0 Å². The summed E-state index contributed by atoms with van der Waals surface area (Å²) >= 11 is 0. The molecule has 34 heavy (non-hydrogen) atoms. The van der Waals surface area contributed by atoms with Crippen molar-refractivity contribution in [1.29, 1.82) is 0 Å². The minimum Gasteiger partial charge on any atom is -0.497 e. The molecular formula is C26H33N7O. The molecule has 8 heteroatoms. The Kier molecular flexibility index (Phi) is 6.58. The van der Waals surface area contributed by atoms with E-state index in [4.69, 9.17) is 14.7 Å². The number of likely N-dealkylation sites (tertiary alicyclic amines) is 1. The van der Waals surface area contributed by atoms with Crippen LogP contribution in [0.4, 0.5) is 11.9 Å². The average Bonchev–Trinajstić information content (AvgIpc) is 3.56. The Balaban J connectivity index is 1.47. The van der Waals surface area contributed by atoms with E-state index in [1.807, 2.05) is 49.6 Å². The van der Waals surface area contributed by atoms with Gasteiger partial charge in [-0.3, -0.25) is 4.90 Å². The summed E-state index contributed by atoms with van der Waals surface area (Å²) in [4.78, 5) is 25.9. The fourth-order valence-corrected chi connectivity index (χ4v) is 4.94. The molecule has 4 heterocycles. The molecule has 0 bridgehead atoms. The molecule has 0 radical (unpaired) electrons. The first-order valence-corrected chi connectivity index (χ1v) is 12.1. The van der Waals surface area contributed by atoms with Crippen LogP contribution in [0.15, 0.2) is 42.7 Å². The van der Waals surface area contributed by atoms with Crippen LogP contribution < -0.4 is 14.5 Å². The minimum absolute atomic E-state index is 0.202. The van der Waals surface area contributed by atoms with Crippen molar-refractivity contribution in [2.75, 3.05) is 50.6 Å². The Hall–Kier alpha value is -3.26. The first kappa shape index (κ1) is 22.5. The van der Waals surface area contributed by atoms with Gasteiger partial charge in [-0.15, -0.1) is 0 Å². The van der Waals surface area contributed by atoms with Crippen molar-refractivity contribution >= 4 is 11.9 Å². The maximum atomic E-state index is 5.48. The van der Waals surface area contributed by atoms with Crippen molar-refractivity contribution in [1.82, 2.24) is 24.8 Å². The molecule has 1 atom stereocenters. The molecule has 1 aromatic carbocycles. The van der Waals surface area contributed by atoms with E-state index in [9.17, 15) is 0 Å². The van der Waals surface area contributed by atoms with Crippen LogP contribution in [-0.2, 0) is 6.54 Å². The van der Waals surface area contributed by atoms with E-state index in [1.165, 1.54) is 12.8 Å². The highest BCUT2D eigenvalue weighted by Crippen LogP contribution is 2.38. The van der Waals surface area contributed by atoms with Gasteiger partial charge in [0.2, 0.25) is 11.9 Å². The summed E-state index contributed by atoms with van der Waals surface area (Å²) in [6, 6.07) is 10.4. The summed E-state index contributed by atoms with van der Waals surface area (Å²) in [7, 11) is 5.66. The van der Waals surface area contributed by atoms with Crippen molar-refractivity contribution < 1.29 is 4.74 Å². The third-order valence-corrected chi connectivity index (χ3v) is 6.72. The summed E-state index contributed by atoms with van der Waals surface area (Å²) in [5.74, 6) is 2.42. The van der Waals surface area contributed by atoms with Crippen LogP contribution >= 0.6 is 0 Å². The maximum absolute atomic E-state index is 5.48. The number of anilines is 2. The van der Waals surface area contributed by atoms with Crippen molar-refractivity contribution in [3.05, 3.63) is 54.1 Å². The molecule has 2 aliphatic heterocycles. The lowest BCUT2D eigenvalue weighted by molar-refractivity contribution is 0.242. The number of benzene rings is 1. The molecule has 8 nitrogen and oxygen atoms in total. The number of nitrogens with zero attached hydrogens (tertiary/aromatic N) is 7. The SMILES string of the molecule is COc1cccc(-c2cnc(N(C)C)nc2[C@@H]2CCCN2Cc2ccnc(N3CCCC3)n2)c1. The van der Waals surface area contributed by atoms with Crippen LogP contribution in [0.2, 0.25) is 0 Å². The zero-order valence-corrected chi connectivity index (χ0v) is 20.3. The van der Waals surface area contributed by atoms with Gasteiger partial charge in [0, 0.05) is 51.7 Å². The number of methoxy groups -OCH3 is 1. The van der Waals surface area contributed by atoms with Gasteiger partial charge in [-0.1, -0.05) is 12.1 Å². The lowest BCUT2D eigenvalue weighted by atomic mass is 9.99. The Bertz CT molecular complexity index is 1130. The summed E-state index contributed by atoms with van der Waals surface area (Å²) in [5.41, 5.74) is 4.26. The molecule has 0 spiro atoms. The Labute approximate surface area is 201 Å². The molecule has 2 aromatic heterocycles. The molecule has 2 aliphatic rings. The smallest absolute Gasteiger partial charge is 0.225 e. The van der Waals surface area contributed by atoms with Crippen LogP contribution in [0.25, 0.3) is 11.1 Å². The zero-order chi connectivity index (χ0) is 23.5. The van der Waals surface area contributed by atoms with E-state index < -0.39 is 0 Å². The second-order valence-corrected chi connectivity index (χ2v) is 9.27. The number of hydrogen-bond donors (Lipinski definition) is 0. The standard InChI is InChI=1S/C26H33N7O/c1-31(2)25-28-17-22(19-8-6-9-21(16-19)34-3)24(30-25)23-10-7-15-33(23)18-20-11-12-27-26(29-20)32-13-4-5-14-32/h6,8-9,11-12,16-17,23H,4-5,7,10,13-15,18H2,1-3H3/t23-/m0/s1. The summed E-state index contributed by atoms with van der Waals surface area (Å²) < 4.78 is 5.48. The van der Waals surface area contributed by atoms with Crippen LogP contribution in [0.3, 0.4) is 0 Å². The monoisotopic (exact) mass is 459 g/mol.